The highest BCUT2D eigenvalue weighted by atomic mass is 32.2. The lowest BCUT2D eigenvalue weighted by Gasteiger charge is -2.27. The van der Waals surface area contributed by atoms with E-state index in [1.54, 1.807) is 41.8 Å². The second-order valence-electron chi connectivity index (χ2n) is 8.04. The fourth-order valence-electron chi connectivity index (χ4n) is 3.82. The van der Waals surface area contributed by atoms with Crippen LogP contribution in [0.3, 0.4) is 0 Å². The van der Waals surface area contributed by atoms with Crippen LogP contribution in [0.2, 0.25) is 0 Å². The zero-order valence-electron chi connectivity index (χ0n) is 19.6. The van der Waals surface area contributed by atoms with Crippen molar-refractivity contribution in [3.8, 4) is 5.75 Å². The number of hydrogen-bond donors (Lipinski definition) is 3. The molecule has 2 aromatic carbocycles. The summed E-state index contributed by atoms with van der Waals surface area (Å²) in [6.45, 7) is -0.646. The first-order valence-corrected chi connectivity index (χ1v) is 13.4. The molecule has 0 aliphatic carbocycles. The predicted molar refractivity (Wildman–Crippen MR) is 138 cm³/mol. The minimum absolute atomic E-state index is 0.0144. The number of fused-ring (bicyclic) bond motifs is 1. The molecular weight excluding hydrogens is 518 g/mol. The molecule has 10 nitrogen and oxygen atoms in total. The monoisotopic (exact) mass is 541 g/mol. The molecule has 12 heteroatoms. The van der Waals surface area contributed by atoms with Gasteiger partial charge in [-0.3, -0.25) is 14.4 Å². The predicted octanol–water partition coefficient (Wildman–Crippen LogP) is 2.73. The number of carboxylic acids is 1. The first kappa shape index (κ1) is 26.1. The summed E-state index contributed by atoms with van der Waals surface area (Å²) >= 11 is 1.35. The van der Waals surface area contributed by atoms with Crippen LogP contribution in [-0.4, -0.2) is 48.9 Å². The Morgan fingerprint density at radius 3 is 2.59 bits per heavy atom. The van der Waals surface area contributed by atoms with Gasteiger partial charge < -0.3 is 19.7 Å². The first-order valence-electron chi connectivity index (χ1n) is 11.0. The molecule has 192 valence electrons. The molecule has 1 atom stereocenters. The van der Waals surface area contributed by atoms with Gasteiger partial charge in [0.2, 0.25) is 21.5 Å². The molecule has 0 saturated carbocycles. The van der Waals surface area contributed by atoms with Gasteiger partial charge in [-0.1, -0.05) is 24.3 Å². The van der Waals surface area contributed by atoms with Crippen LogP contribution in [0.15, 0.2) is 81.8 Å². The summed E-state index contributed by atoms with van der Waals surface area (Å²) < 4.78 is 34.8. The number of nitrogens with one attached hydrogen (secondary N) is 2. The van der Waals surface area contributed by atoms with E-state index in [1.807, 2.05) is 0 Å². The summed E-state index contributed by atoms with van der Waals surface area (Å²) in [4.78, 5) is 41.3. The lowest BCUT2D eigenvalue weighted by atomic mass is 10.0. The van der Waals surface area contributed by atoms with E-state index in [-0.39, 0.29) is 28.3 Å². The minimum atomic E-state index is -4.29. The van der Waals surface area contributed by atoms with Crippen LogP contribution in [0.4, 0.5) is 0 Å². The number of carboxylic acid groups (broad SMARTS) is 1. The third-order valence-electron chi connectivity index (χ3n) is 5.54. The topological polar surface area (TPSA) is 146 Å². The van der Waals surface area contributed by atoms with E-state index in [9.17, 15) is 27.9 Å². The quantitative estimate of drug-likeness (QED) is 0.280. The highest BCUT2D eigenvalue weighted by Gasteiger charge is 2.33. The normalized spacial score (nSPS) is 12.2. The number of carbonyl (C=O) groups excluding carboxylic acids is 1. The number of benzene rings is 2. The van der Waals surface area contributed by atoms with E-state index in [0.29, 0.717) is 10.9 Å². The lowest BCUT2D eigenvalue weighted by Crippen LogP contribution is -2.44. The van der Waals surface area contributed by atoms with Crippen molar-refractivity contribution in [2.45, 2.75) is 17.5 Å². The van der Waals surface area contributed by atoms with Crippen molar-refractivity contribution in [3.05, 3.63) is 92.9 Å². The Kier molecular flexibility index (Phi) is 7.71. The summed E-state index contributed by atoms with van der Waals surface area (Å²) in [5, 5.41) is 11.7. The zero-order chi connectivity index (χ0) is 26.6. The number of ether oxygens (including phenoxy) is 1. The molecule has 0 saturated heterocycles. The van der Waals surface area contributed by atoms with E-state index in [2.05, 4.69) is 9.71 Å². The lowest BCUT2D eigenvalue weighted by molar-refractivity contribution is -0.145. The van der Waals surface area contributed by atoms with Crippen LogP contribution in [-0.2, 0) is 26.2 Å². The summed E-state index contributed by atoms with van der Waals surface area (Å²) in [6.07, 6.45) is 0. The van der Waals surface area contributed by atoms with E-state index in [4.69, 9.17) is 4.74 Å². The molecule has 0 fully saturated rings. The molecular formula is C25H23N3O7S2. The first-order chi connectivity index (χ1) is 17.7. The standard InChI is InChI=1S/C25H23N3O7S2/c1-35-21-7-3-2-6-19(21)24(25(32)28(15-23(30)31)14-17-5-4-12-36-17)27-37(33,34)18-9-10-20-16(13-18)8-11-22(29)26-20/h2-13,24,27H,14-15H2,1H3,(H,26,29)(H,30,31). The molecule has 1 unspecified atom stereocenters. The number of carbonyl (C=O) groups is 2. The highest BCUT2D eigenvalue weighted by Crippen LogP contribution is 2.29. The largest absolute Gasteiger partial charge is 0.496 e. The van der Waals surface area contributed by atoms with Crippen LogP contribution in [0.5, 0.6) is 5.75 Å². The smallest absolute Gasteiger partial charge is 0.323 e. The van der Waals surface area contributed by atoms with Crippen molar-refractivity contribution in [1.82, 2.24) is 14.6 Å². The number of H-pyrrole nitrogens is 1. The number of pyridine rings is 1. The number of amides is 1. The maximum absolute atomic E-state index is 13.8. The van der Waals surface area contributed by atoms with Crippen molar-refractivity contribution < 1.29 is 27.9 Å². The van der Waals surface area contributed by atoms with E-state index >= 15 is 0 Å². The average Bonchev–Trinajstić information content (AvgIpc) is 3.39. The number of aromatic amines is 1. The van der Waals surface area contributed by atoms with Crippen LogP contribution >= 0.6 is 11.3 Å². The van der Waals surface area contributed by atoms with E-state index in [1.165, 1.54) is 48.8 Å². The van der Waals surface area contributed by atoms with Gasteiger partial charge in [-0.2, -0.15) is 4.72 Å². The van der Waals surface area contributed by atoms with Crippen LogP contribution < -0.4 is 15.0 Å². The zero-order valence-corrected chi connectivity index (χ0v) is 21.2. The number of methoxy groups -OCH3 is 1. The number of hydrogen-bond acceptors (Lipinski definition) is 7. The Morgan fingerprint density at radius 2 is 1.89 bits per heavy atom. The van der Waals surface area contributed by atoms with Gasteiger partial charge in [0.25, 0.3) is 0 Å². The van der Waals surface area contributed by atoms with Crippen molar-refractivity contribution in [1.29, 1.82) is 0 Å². The molecule has 0 radical (unpaired) electrons. The van der Waals surface area contributed by atoms with E-state index < -0.39 is 34.5 Å². The van der Waals surface area contributed by atoms with Gasteiger partial charge in [0.05, 0.1) is 18.6 Å². The Labute approximate surface area is 216 Å². The molecule has 0 aliphatic heterocycles. The Bertz CT molecular complexity index is 1600. The van der Waals surface area contributed by atoms with Gasteiger partial charge in [-0.15, -0.1) is 11.3 Å². The number of sulfonamides is 1. The molecule has 2 heterocycles. The van der Waals surface area contributed by atoms with Gasteiger partial charge in [0, 0.05) is 22.0 Å². The summed E-state index contributed by atoms with van der Waals surface area (Å²) in [7, 11) is -2.90. The number of rotatable bonds is 10. The van der Waals surface area contributed by atoms with Crippen LogP contribution in [0.1, 0.15) is 16.5 Å². The third-order valence-corrected chi connectivity index (χ3v) is 7.82. The minimum Gasteiger partial charge on any atom is -0.496 e. The van der Waals surface area contributed by atoms with Crippen molar-refractivity contribution >= 4 is 44.1 Å². The second kappa shape index (κ2) is 10.9. The Balaban J connectivity index is 1.76. The summed E-state index contributed by atoms with van der Waals surface area (Å²) in [6, 6.07) is 15.4. The summed E-state index contributed by atoms with van der Waals surface area (Å²) in [5.41, 5.74) is 0.352. The number of aliphatic carboxylic acids is 1. The molecule has 3 N–H and O–H groups in total. The van der Waals surface area contributed by atoms with Crippen LogP contribution in [0.25, 0.3) is 10.9 Å². The fourth-order valence-corrected chi connectivity index (χ4v) is 5.75. The van der Waals surface area contributed by atoms with Gasteiger partial charge in [0.1, 0.15) is 18.3 Å². The molecule has 37 heavy (non-hydrogen) atoms. The van der Waals surface area contributed by atoms with Crippen LogP contribution in [0, 0.1) is 0 Å². The van der Waals surface area contributed by atoms with E-state index in [0.717, 1.165) is 9.78 Å². The van der Waals surface area contributed by atoms with Gasteiger partial charge in [-0.05, 0) is 47.2 Å². The molecule has 2 aromatic heterocycles. The number of thiophene rings is 1. The van der Waals surface area contributed by atoms with Gasteiger partial charge >= 0.3 is 5.97 Å². The Hall–Kier alpha value is -4.00. The number of para-hydroxylation sites is 1. The molecule has 0 aliphatic rings. The van der Waals surface area contributed by atoms with Gasteiger partial charge in [0.15, 0.2) is 0 Å². The molecule has 4 aromatic rings. The second-order valence-corrected chi connectivity index (χ2v) is 10.8. The van der Waals surface area contributed by atoms with Crippen molar-refractivity contribution in [2.24, 2.45) is 0 Å². The fraction of sp³-hybridized carbons (Fsp3) is 0.160. The SMILES string of the molecule is COc1ccccc1C(NS(=O)(=O)c1ccc2[nH]c(=O)ccc2c1)C(=O)N(CC(=O)O)Cc1cccs1. The van der Waals surface area contributed by atoms with Crippen molar-refractivity contribution in [3.63, 3.8) is 0 Å². The average molecular weight is 542 g/mol. The number of nitrogens with zero attached hydrogens (tertiary/aromatic N) is 1. The highest BCUT2D eigenvalue weighted by molar-refractivity contribution is 7.89. The molecule has 0 bridgehead atoms. The number of aromatic nitrogens is 1. The molecule has 4 rings (SSSR count). The van der Waals surface area contributed by atoms with Crippen molar-refractivity contribution in [2.75, 3.05) is 13.7 Å². The Morgan fingerprint density at radius 1 is 1.11 bits per heavy atom. The summed E-state index contributed by atoms with van der Waals surface area (Å²) in [5.74, 6) is -1.74. The van der Waals surface area contributed by atoms with Gasteiger partial charge in [-0.25, -0.2) is 8.42 Å². The third kappa shape index (κ3) is 6.05. The maximum atomic E-state index is 13.8. The molecule has 0 spiro atoms. The maximum Gasteiger partial charge on any atom is 0.323 e. The molecule has 1 amide bonds.